The number of benzene rings is 2. The number of fused-ring (bicyclic) bond motifs is 3. The van der Waals surface area contributed by atoms with Crippen molar-refractivity contribution >= 4 is 22.1 Å². The first kappa shape index (κ1) is 19.4. The third-order valence-electron chi connectivity index (χ3n) is 5.82. The predicted octanol–water partition coefficient (Wildman–Crippen LogP) is 6.54. The molecule has 5 rings (SSSR count). The monoisotopic (exact) mass is 411 g/mol. The maximum Gasteiger partial charge on any atom is 0.227 e. The summed E-state index contributed by atoms with van der Waals surface area (Å²) in [4.78, 5) is 4.60. The number of hydrogen-bond donors (Lipinski definition) is 0. The van der Waals surface area contributed by atoms with Crippen molar-refractivity contribution in [2.75, 3.05) is 0 Å². The molecular weight excluding hydrogens is 387 g/mol. The number of rotatable bonds is 4. The standard InChI is InChI=1S/C27H24FN2O/c1-4-5-19-9-14-22-23-13-6-17(2)29-27(23)31-26(22)25(19)24-15-10-20(16-30(24)3)18-7-11-21(28)12-8-18/h6-16H,4-5H2,1-3H3/q+1. The van der Waals surface area contributed by atoms with E-state index in [1.807, 2.05) is 20.0 Å². The SMILES string of the molecule is CCCc1ccc2c(oc3nc(C)ccc32)c1-c1ccc(-c2ccc(F)cc2)c[n+]1C. The zero-order valence-electron chi connectivity index (χ0n) is 17.9. The van der Waals surface area contributed by atoms with Crippen LogP contribution in [0.5, 0.6) is 0 Å². The minimum atomic E-state index is -0.227. The van der Waals surface area contributed by atoms with E-state index in [4.69, 9.17) is 4.42 Å². The summed E-state index contributed by atoms with van der Waals surface area (Å²) >= 11 is 0. The predicted molar refractivity (Wildman–Crippen MR) is 122 cm³/mol. The molecule has 3 aromatic heterocycles. The highest BCUT2D eigenvalue weighted by atomic mass is 19.1. The molecule has 4 heteroatoms. The summed E-state index contributed by atoms with van der Waals surface area (Å²) in [5, 5.41) is 2.12. The fraction of sp³-hybridized carbons (Fsp3) is 0.185. The molecule has 0 atom stereocenters. The molecule has 0 amide bonds. The lowest BCUT2D eigenvalue weighted by atomic mass is 9.96. The molecule has 0 aliphatic heterocycles. The van der Waals surface area contributed by atoms with Crippen molar-refractivity contribution in [2.24, 2.45) is 7.05 Å². The third kappa shape index (κ3) is 3.38. The molecule has 3 heterocycles. The van der Waals surface area contributed by atoms with Gasteiger partial charge in [0.2, 0.25) is 11.4 Å². The third-order valence-corrected chi connectivity index (χ3v) is 5.82. The van der Waals surface area contributed by atoms with Crippen molar-refractivity contribution in [3.05, 3.63) is 83.9 Å². The minimum Gasteiger partial charge on any atom is -0.437 e. The van der Waals surface area contributed by atoms with Crippen LogP contribution in [-0.2, 0) is 13.5 Å². The van der Waals surface area contributed by atoms with Crippen molar-refractivity contribution in [3.8, 4) is 22.4 Å². The summed E-state index contributed by atoms with van der Waals surface area (Å²) in [6, 6.07) is 19.3. The lowest BCUT2D eigenvalue weighted by molar-refractivity contribution is -0.659. The Morgan fingerprint density at radius 3 is 2.39 bits per heavy atom. The summed E-state index contributed by atoms with van der Waals surface area (Å²) in [6.07, 6.45) is 4.10. The van der Waals surface area contributed by atoms with Gasteiger partial charge in [0.25, 0.3) is 0 Å². The van der Waals surface area contributed by atoms with E-state index in [2.05, 4.69) is 53.0 Å². The van der Waals surface area contributed by atoms with E-state index in [0.29, 0.717) is 5.71 Å². The molecule has 0 bridgehead atoms. The summed E-state index contributed by atoms with van der Waals surface area (Å²) in [5.74, 6) is -0.227. The van der Waals surface area contributed by atoms with Crippen molar-refractivity contribution < 1.29 is 13.4 Å². The summed E-state index contributed by atoms with van der Waals surface area (Å²) in [5.41, 5.74) is 7.97. The van der Waals surface area contributed by atoms with Crippen LogP contribution in [0.15, 0.2) is 71.3 Å². The van der Waals surface area contributed by atoms with Crippen LogP contribution in [0.2, 0.25) is 0 Å². The molecule has 31 heavy (non-hydrogen) atoms. The Balaban J connectivity index is 1.73. The van der Waals surface area contributed by atoms with Crippen LogP contribution >= 0.6 is 0 Å². The number of aryl methyl sites for hydroxylation is 3. The highest BCUT2D eigenvalue weighted by molar-refractivity contribution is 6.08. The average molecular weight is 412 g/mol. The molecule has 5 aromatic rings. The van der Waals surface area contributed by atoms with Gasteiger partial charge in [-0.05, 0) is 54.8 Å². The van der Waals surface area contributed by atoms with Crippen LogP contribution in [0.25, 0.3) is 44.5 Å². The zero-order valence-corrected chi connectivity index (χ0v) is 17.9. The van der Waals surface area contributed by atoms with Crippen LogP contribution < -0.4 is 4.57 Å². The van der Waals surface area contributed by atoms with E-state index in [1.54, 1.807) is 12.1 Å². The van der Waals surface area contributed by atoms with Gasteiger partial charge in [0.15, 0.2) is 11.8 Å². The molecule has 3 nitrogen and oxygen atoms in total. The fourth-order valence-electron chi connectivity index (χ4n) is 4.29. The Morgan fingerprint density at radius 1 is 0.903 bits per heavy atom. The van der Waals surface area contributed by atoms with Crippen LogP contribution in [0.3, 0.4) is 0 Å². The van der Waals surface area contributed by atoms with E-state index >= 15 is 0 Å². The van der Waals surface area contributed by atoms with Crippen molar-refractivity contribution in [2.45, 2.75) is 26.7 Å². The lowest BCUT2D eigenvalue weighted by Gasteiger charge is -2.09. The molecule has 0 aliphatic rings. The van der Waals surface area contributed by atoms with E-state index in [0.717, 1.165) is 57.3 Å². The molecule has 0 saturated carbocycles. The molecule has 2 aromatic carbocycles. The Bertz CT molecular complexity index is 1420. The van der Waals surface area contributed by atoms with Gasteiger partial charge in [-0.3, -0.25) is 0 Å². The normalized spacial score (nSPS) is 11.5. The lowest BCUT2D eigenvalue weighted by Crippen LogP contribution is -2.31. The number of nitrogens with zero attached hydrogens (tertiary/aromatic N) is 2. The van der Waals surface area contributed by atoms with Gasteiger partial charge in [0.1, 0.15) is 12.9 Å². The molecule has 0 spiro atoms. The van der Waals surface area contributed by atoms with Crippen LogP contribution in [-0.4, -0.2) is 4.98 Å². The van der Waals surface area contributed by atoms with E-state index in [1.165, 1.54) is 17.7 Å². The number of hydrogen-bond acceptors (Lipinski definition) is 2. The second-order valence-electron chi connectivity index (χ2n) is 8.05. The maximum atomic E-state index is 13.3. The number of halogens is 1. The molecular formula is C27H24FN2O+. The largest absolute Gasteiger partial charge is 0.437 e. The highest BCUT2D eigenvalue weighted by Gasteiger charge is 2.22. The summed E-state index contributed by atoms with van der Waals surface area (Å²) < 4.78 is 21.8. The van der Waals surface area contributed by atoms with Crippen LogP contribution in [0.4, 0.5) is 4.39 Å². The minimum absolute atomic E-state index is 0.227. The number of furan rings is 1. The van der Waals surface area contributed by atoms with Gasteiger partial charge in [-0.15, -0.1) is 0 Å². The average Bonchev–Trinajstić information content (AvgIpc) is 3.12. The smallest absolute Gasteiger partial charge is 0.227 e. The molecule has 0 fully saturated rings. The summed E-state index contributed by atoms with van der Waals surface area (Å²) in [6.45, 7) is 4.17. The Labute approximate surface area is 180 Å². The highest BCUT2D eigenvalue weighted by Crippen LogP contribution is 2.37. The van der Waals surface area contributed by atoms with E-state index < -0.39 is 0 Å². The molecule has 0 saturated heterocycles. The molecule has 0 N–H and O–H groups in total. The van der Waals surface area contributed by atoms with Gasteiger partial charge in [-0.25, -0.2) is 13.9 Å². The maximum absolute atomic E-state index is 13.3. The van der Waals surface area contributed by atoms with Crippen LogP contribution in [0.1, 0.15) is 24.6 Å². The first-order chi connectivity index (χ1) is 15.0. The molecule has 154 valence electrons. The summed E-state index contributed by atoms with van der Waals surface area (Å²) in [7, 11) is 2.04. The zero-order chi connectivity index (χ0) is 21.5. The first-order valence-corrected chi connectivity index (χ1v) is 10.6. The van der Waals surface area contributed by atoms with Gasteiger partial charge in [-0.2, -0.15) is 0 Å². The van der Waals surface area contributed by atoms with Crippen LogP contribution in [0, 0.1) is 12.7 Å². The van der Waals surface area contributed by atoms with Gasteiger partial charge >= 0.3 is 0 Å². The van der Waals surface area contributed by atoms with Gasteiger partial charge < -0.3 is 4.42 Å². The Hall–Kier alpha value is -3.53. The van der Waals surface area contributed by atoms with Gasteiger partial charge in [0.05, 0.1) is 5.56 Å². The van der Waals surface area contributed by atoms with E-state index in [9.17, 15) is 4.39 Å². The van der Waals surface area contributed by atoms with Gasteiger partial charge in [-0.1, -0.05) is 37.6 Å². The molecule has 0 radical (unpaired) electrons. The van der Waals surface area contributed by atoms with Crippen molar-refractivity contribution in [1.82, 2.24) is 4.98 Å². The second-order valence-corrected chi connectivity index (χ2v) is 8.05. The first-order valence-electron chi connectivity index (χ1n) is 10.6. The molecule has 0 unspecified atom stereocenters. The number of aromatic nitrogens is 2. The van der Waals surface area contributed by atoms with Crippen molar-refractivity contribution in [3.63, 3.8) is 0 Å². The Kier molecular flexibility index (Phi) is 4.78. The molecule has 0 aliphatic carbocycles. The topological polar surface area (TPSA) is 29.9 Å². The Morgan fingerprint density at radius 2 is 1.65 bits per heavy atom. The van der Waals surface area contributed by atoms with Gasteiger partial charge in [0, 0.05) is 28.1 Å². The van der Waals surface area contributed by atoms with E-state index in [-0.39, 0.29) is 5.82 Å². The second kappa shape index (κ2) is 7.62. The quantitative estimate of drug-likeness (QED) is 0.314. The number of pyridine rings is 2. The fourth-order valence-corrected chi connectivity index (χ4v) is 4.29. The van der Waals surface area contributed by atoms with Crippen molar-refractivity contribution in [1.29, 1.82) is 0 Å².